The highest BCUT2D eigenvalue weighted by molar-refractivity contribution is 6.09. The van der Waals surface area contributed by atoms with Crippen LogP contribution in [0.4, 0.5) is 17.1 Å². The predicted molar refractivity (Wildman–Crippen MR) is 212 cm³/mol. The summed E-state index contributed by atoms with van der Waals surface area (Å²) in [5.74, 6) is 0. The van der Waals surface area contributed by atoms with E-state index in [1.807, 2.05) is 72.8 Å². The first-order valence-corrected chi connectivity index (χ1v) is 15.6. The average molecular weight is 657 g/mol. The van der Waals surface area contributed by atoms with E-state index in [0.29, 0.717) is 5.56 Å². The Morgan fingerprint density at radius 3 is 1.32 bits per heavy atom. The summed E-state index contributed by atoms with van der Waals surface area (Å²) in [5, 5.41) is 2.08. The van der Waals surface area contributed by atoms with Crippen molar-refractivity contribution in [3.05, 3.63) is 206 Å². The third-order valence-corrected chi connectivity index (χ3v) is 8.33. The van der Waals surface area contributed by atoms with E-state index in [0.717, 1.165) is 38.0 Å². The first-order valence-electron chi connectivity index (χ1n) is 24.6. The summed E-state index contributed by atoms with van der Waals surface area (Å²) in [6, 6.07) is 15.7. The predicted octanol–water partition coefficient (Wildman–Crippen LogP) is 13.3. The van der Waals surface area contributed by atoms with E-state index in [2.05, 4.69) is 4.57 Å². The molecule has 0 spiro atoms. The van der Waals surface area contributed by atoms with Crippen molar-refractivity contribution in [3.63, 3.8) is 0 Å². The molecule has 0 unspecified atom stereocenters. The molecule has 50 heavy (non-hydrogen) atoms. The van der Waals surface area contributed by atoms with Crippen molar-refractivity contribution in [1.82, 2.24) is 4.57 Å². The smallest absolute Gasteiger partial charge is 0.0645 e. The van der Waals surface area contributed by atoms with Gasteiger partial charge in [-0.2, -0.15) is 0 Å². The number of aromatic nitrogens is 1. The Balaban J connectivity index is 1.31. The molecule has 2 nitrogen and oxygen atoms in total. The van der Waals surface area contributed by atoms with Gasteiger partial charge in [0.15, 0.2) is 0 Å². The summed E-state index contributed by atoms with van der Waals surface area (Å²) in [5.41, 5.74) is 0.587. The summed E-state index contributed by atoms with van der Waals surface area (Å²) in [6.07, 6.45) is 0. The van der Waals surface area contributed by atoms with Crippen LogP contribution in [-0.4, -0.2) is 4.57 Å². The SMILES string of the molecule is [2H]c1c([2H])c([2H])c(-c2c([2H])c([2H])c(N(c3ccc(-c4ccccc4-n4c5ccccc5c5ccccc54)cc3)c3c([2H])c([2H])c(-c4c([2H])c([2H])c([2H])c([2H])c4[2H])c([2H])c3[2H])c([2H])c2[2H])c([2H])c1[2H]. The van der Waals surface area contributed by atoms with Crippen molar-refractivity contribution in [2.24, 2.45) is 0 Å². The molecule has 0 amide bonds. The topological polar surface area (TPSA) is 8.17 Å². The molecular formula is C48H34N2. The van der Waals surface area contributed by atoms with Gasteiger partial charge in [-0.15, -0.1) is 0 Å². The molecule has 0 aliphatic heterocycles. The van der Waals surface area contributed by atoms with E-state index in [1.54, 1.807) is 12.1 Å². The first-order chi connectivity index (χ1) is 32.3. The summed E-state index contributed by atoms with van der Waals surface area (Å²) < 4.78 is 160. The molecule has 0 fully saturated rings. The Labute approximate surface area is 318 Å². The van der Waals surface area contributed by atoms with Gasteiger partial charge in [-0.1, -0.05) is 151 Å². The minimum absolute atomic E-state index is 0.0239. The van der Waals surface area contributed by atoms with E-state index in [9.17, 15) is 11.0 Å². The number of hydrogen-bond donors (Lipinski definition) is 0. The Hall–Kier alpha value is -6.64. The van der Waals surface area contributed by atoms with Crippen molar-refractivity contribution in [1.29, 1.82) is 0 Å². The number of benzene rings is 8. The van der Waals surface area contributed by atoms with E-state index < -0.39 is 142 Å². The van der Waals surface area contributed by atoms with Gasteiger partial charge in [0, 0.05) is 33.4 Å². The van der Waals surface area contributed by atoms with Crippen LogP contribution in [-0.2, 0) is 0 Å². The minimum atomic E-state index is -0.841. The lowest BCUT2D eigenvalue weighted by molar-refractivity contribution is 1.18. The van der Waals surface area contributed by atoms with E-state index in [4.69, 9.17) is 13.7 Å². The standard InChI is InChI=1S/C48H34N2/c1-3-13-35(14-4-1)37-23-29-40(30-24-37)49(41-31-25-38(26-32-41)36-15-5-2-6-16-36)42-33-27-39(28-34-42)43-17-7-10-20-46(43)50-47-21-11-8-18-44(47)45-19-9-12-22-48(45)50/h1-34H/i1D,2D,3D,4D,5D,6D,13D,14D,15D,16D,23D,24D,25D,26D,29D,30D,31D,32D. The van der Waals surface area contributed by atoms with Crippen LogP contribution in [0.1, 0.15) is 24.7 Å². The lowest BCUT2D eigenvalue weighted by Crippen LogP contribution is -2.09. The second-order valence-electron chi connectivity index (χ2n) is 11.2. The molecule has 1 heterocycles. The van der Waals surface area contributed by atoms with Gasteiger partial charge in [-0.25, -0.2) is 0 Å². The lowest BCUT2D eigenvalue weighted by Gasteiger charge is -2.26. The highest BCUT2D eigenvalue weighted by Crippen LogP contribution is 2.40. The fraction of sp³-hybridized carbons (Fsp3) is 0. The zero-order chi connectivity index (χ0) is 48.9. The second kappa shape index (κ2) is 12.8. The van der Waals surface area contributed by atoms with Crippen LogP contribution in [0.15, 0.2) is 206 Å². The number of anilines is 3. The third kappa shape index (κ3) is 5.34. The molecule has 0 saturated heterocycles. The summed E-state index contributed by atoms with van der Waals surface area (Å²) >= 11 is 0. The number of rotatable bonds is 7. The van der Waals surface area contributed by atoms with Crippen molar-refractivity contribution < 1.29 is 24.7 Å². The van der Waals surface area contributed by atoms with Gasteiger partial charge in [0.1, 0.15) is 0 Å². The van der Waals surface area contributed by atoms with Gasteiger partial charge in [0.25, 0.3) is 0 Å². The molecule has 2 heteroatoms. The van der Waals surface area contributed by atoms with Gasteiger partial charge >= 0.3 is 0 Å². The van der Waals surface area contributed by atoms with Gasteiger partial charge in [-0.05, 0) is 82.3 Å². The van der Waals surface area contributed by atoms with Crippen LogP contribution in [0, 0.1) is 0 Å². The number of hydrogen-bond acceptors (Lipinski definition) is 1. The largest absolute Gasteiger partial charge is 0.311 e. The molecule has 1 aromatic heterocycles. The Morgan fingerprint density at radius 2 is 0.800 bits per heavy atom. The first kappa shape index (κ1) is 16.2. The van der Waals surface area contributed by atoms with Crippen molar-refractivity contribution in [2.75, 3.05) is 4.90 Å². The van der Waals surface area contributed by atoms with E-state index >= 15 is 0 Å². The Kier molecular flexibility index (Phi) is 4.13. The van der Waals surface area contributed by atoms with Crippen LogP contribution < -0.4 is 4.90 Å². The van der Waals surface area contributed by atoms with Gasteiger partial charge in [0.2, 0.25) is 0 Å². The van der Waals surface area contributed by atoms with Gasteiger partial charge < -0.3 is 9.47 Å². The number of fused-ring (bicyclic) bond motifs is 3. The zero-order valence-electron chi connectivity index (χ0n) is 44.1. The molecule has 0 radical (unpaired) electrons. The highest BCUT2D eigenvalue weighted by Gasteiger charge is 2.17. The number of para-hydroxylation sites is 3. The maximum Gasteiger partial charge on any atom is 0.0645 e. The molecule has 9 rings (SSSR count). The van der Waals surface area contributed by atoms with E-state index in [1.165, 1.54) is 12.1 Å². The zero-order valence-corrected chi connectivity index (χ0v) is 26.1. The van der Waals surface area contributed by atoms with Crippen molar-refractivity contribution >= 4 is 38.9 Å². The summed E-state index contributed by atoms with van der Waals surface area (Å²) in [6.45, 7) is 0. The molecule has 9 aromatic rings. The summed E-state index contributed by atoms with van der Waals surface area (Å²) in [7, 11) is 0. The van der Waals surface area contributed by atoms with Gasteiger partial charge in [-0.3, -0.25) is 0 Å². The molecule has 0 N–H and O–H groups in total. The fourth-order valence-corrected chi connectivity index (χ4v) is 6.09. The Bertz CT molecular complexity index is 3320. The van der Waals surface area contributed by atoms with Crippen LogP contribution in [0.5, 0.6) is 0 Å². The van der Waals surface area contributed by atoms with Crippen LogP contribution in [0.25, 0.3) is 60.9 Å². The summed E-state index contributed by atoms with van der Waals surface area (Å²) in [4.78, 5) is 1.00. The molecule has 236 valence electrons. The van der Waals surface area contributed by atoms with Crippen LogP contribution >= 0.6 is 0 Å². The lowest BCUT2D eigenvalue weighted by atomic mass is 10.0. The van der Waals surface area contributed by atoms with Gasteiger partial charge in [0.05, 0.1) is 41.4 Å². The fourth-order valence-electron chi connectivity index (χ4n) is 6.09. The molecule has 0 saturated carbocycles. The molecular weight excluding hydrogens is 605 g/mol. The molecule has 0 aliphatic rings. The molecule has 8 aromatic carbocycles. The van der Waals surface area contributed by atoms with Crippen molar-refractivity contribution in [2.45, 2.75) is 0 Å². The average Bonchev–Trinajstić information content (AvgIpc) is 3.68. The normalized spacial score (nSPS) is 16.2. The molecule has 0 atom stereocenters. The van der Waals surface area contributed by atoms with Crippen molar-refractivity contribution in [3.8, 4) is 39.1 Å². The third-order valence-electron chi connectivity index (χ3n) is 8.33. The van der Waals surface area contributed by atoms with Crippen LogP contribution in [0.3, 0.4) is 0 Å². The quantitative estimate of drug-likeness (QED) is 0.166. The maximum absolute atomic E-state index is 9.39. The number of nitrogens with zero attached hydrogens (tertiary/aromatic N) is 2. The second-order valence-corrected chi connectivity index (χ2v) is 11.2. The minimum Gasteiger partial charge on any atom is -0.311 e. The molecule has 0 aliphatic carbocycles. The molecule has 0 bridgehead atoms. The van der Waals surface area contributed by atoms with E-state index in [-0.39, 0.29) is 5.69 Å². The Morgan fingerprint density at radius 1 is 0.360 bits per heavy atom. The maximum atomic E-state index is 9.39. The van der Waals surface area contributed by atoms with Crippen LogP contribution in [0.2, 0.25) is 0 Å². The highest BCUT2D eigenvalue weighted by atomic mass is 15.1. The monoisotopic (exact) mass is 656 g/mol.